The molecule has 0 atom stereocenters. The summed E-state index contributed by atoms with van der Waals surface area (Å²) in [7, 11) is 1.60. The molecule has 2 aliphatic carbocycles. The first-order valence-electron chi connectivity index (χ1n) is 12.8. The predicted octanol–water partition coefficient (Wildman–Crippen LogP) is 4.53. The number of fused-ring (bicyclic) bond motifs is 1. The van der Waals surface area contributed by atoms with Gasteiger partial charge in [-0.25, -0.2) is 4.98 Å². The van der Waals surface area contributed by atoms with Crippen LogP contribution in [0.15, 0.2) is 42.7 Å². The van der Waals surface area contributed by atoms with Gasteiger partial charge < -0.3 is 10.2 Å². The van der Waals surface area contributed by atoms with Crippen molar-refractivity contribution in [2.75, 3.05) is 13.6 Å². The zero-order valence-electron chi connectivity index (χ0n) is 20.2. The van der Waals surface area contributed by atoms with E-state index in [1.54, 1.807) is 13.1 Å². The highest BCUT2D eigenvalue weighted by molar-refractivity contribution is 6.00. The molecule has 0 bridgehead atoms. The van der Waals surface area contributed by atoms with E-state index in [1.165, 1.54) is 38.5 Å². The maximum Gasteiger partial charge on any atom is 0.269 e. The van der Waals surface area contributed by atoms with Crippen molar-refractivity contribution < 1.29 is 9.59 Å². The molecule has 35 heavy (non-hydrogen) atoms. The topological polar surface area (TPSA) is 80.1 Å². The molecular formula is C28H31N5O2. The quantitative estimate of drug-likeness (QED) is 0.551. The Hall–Kier alpha value is -3.48. The molecule has 2 amide bonds. The van der Waals surface area contributed by atoms with Crippen LogP contribution in [0.3, 0.4) is 0 Å². The summed E-state index contributed by atoms with van der Waals surface area (Å²) in [6.07, 6.45) is 11.6. The number of amides is 2. The van der Waals surface area contributed by atoms with Crippen molar-refractivity contribution in [2.24, 2.45) is 11.8 Å². The molecule has 3 aromatic rings. The lowest BCUT2D eigenvalue weighted by Crippen LogP contribution is -2.26. The van der Waals surface area contributed by atoms with Crippen molar-refractivity contribution in [1.82, 2.24) is 25.0 Å². The molecule has 6 rings (SSSR count). The molecule has 7 heteroatoms. The molecule has 7 nitrogen and oxygen atoms in total. The van der Waals surface area contributed by atoms with Crippen LogP contribution >= 0.6 is 0 Å². The van der Waals surface area contributed by atoms with Gasteiger partial charge in [-0.15, -0.1) is 0 Å². The summed E-state index contributed by atoms with van der Waals surface area (Å²) in [5.41, 5.74) is 5.59. The van der Waals surface area contributed by atoms with Crippen molar-refractivity contribution in [3.05, 3.63) is 59.5 Å². The predicted molar refractivity (Wildman–Crippen MR) is 134 cm³/mol. The number of carbonyl (C=O) groups is 2. The summed E-state index contributed by atoms with van der Waals surface area (Å²) < 4.78 is 2.03. The third-order valence-electron chi connectivity index (χ3n) is 7.66. The van der Waals surface area contributed by atoms with Gasteiger partial charge in [0.05, 0.1) is 11.9 Å². The van der Waals surface area contributed by atoms with Crippen molar-refractivity contribution >= 4 is 11.8 Å². The van der Waals surface area contributed by atoms with Gasteiger partial charge in [0.15, 0.2) is 0 Å². The third-order valence-corrected chi connectivity index (χ3v) is 7.66. The SMILES string of the molecule is CNC(=O)c1ccc(-c2cnn(CC3CCCC3)c2)c(-c2ccc3c(c2)C(=O)N(CC2CC2)C3)n1. The second-order valence-corrected chi connectivity index (χ2v) is 10.3. The fourth-order valence-corrected chi connectivity index (χ4v) is 5.49. The van der Waals surface area contributed by atoms with E-state index in [0.29, 0.717) is 29.8 Å². The van der Waals surface area contributed by atoms with Gasteiger partial charge in [-0.2, -0.15) is 5.10 Å². The standard InChI is InChI=1S/C28H31N5O2/c1-29-27(34)25-11-10-23(22-13-30-33(17-22)15-18-4-2-3-5-18)26(31-25)20-8-9-21-16-32(14-19-6-7-19)28(35)24(21)12-20/h8-13,17-19H,2-7,14-16H2,1H3,(H,29,34). The lowest BCUT2D eigenvalue weighted by atomic mass is 9.98. The average molecular weight is 470 g/mol. The molecule has 1 aromatic carbocycles. The first kappa shape index (κ1) is 22.0. The van der Waals surface area contributed by atoms with E-state index in [-0.39, 0.29) is 11.8 Å². The van der Waals surface area contributed by atoms with Crippen LogP contribution in [0, 0.1) is 11.8 Å². The van der Waals surface area contributed by atoms with Gasteiger partial charge in [0.1, 0.15) is 5.69 Å². The molecule has 1 N–H and O–H groups in total. The Bertz CT molecular complexity index is 1290. The average Bonchev–Trinajstić information content (AvgIpc) is 3.22. The number of carbonyl (C=O) groups excluding carboxylic acids is 2. The number of hydrogen-bond acceptors (Lipinski definition) is 4. The van der Waals surface area contributed by atoms with Crippen LogP contribution in [-0.4, -0.2) is 45.1 Å². The lowest BCUT2D eigenvalue weighted by Gasteiger charge is -2.14. The highest BCUT2D eigenvalue weighted by atomic mass is 16.2. The molecule has 0 spiro atoms. The monoisotopic (exact) mass is 469 g/mol. The van der Waals surface area contributed by atoms with Gasteiger partial charge >= 0.3 is 0 Å². The van der Waals surface area contributed by atoms with Crippen molar-refractivity contribution in [1.29, 1.82) is 0 Å². The Kier molecular flexibility index (Phi) is 5.63. The summed E-state index contributed by atoms with van der Waals surface area (Å²) >= 11 is 0. The highest BCUT2D eigenvalue weighted by Crippen LogP contribution is 2.36. The number of rotatable bonds is 7. The number of aromatic nitrogens is 3. The Morgan fingerprint density at radius 1 is 1.00 bits per heavy atom. The number of nitrogens with zero attached hydrogens (tertiary/aromatic N) is 4. The van der Waals surface area contributed by atoms with Crippen LogP contribution in [0.1, 0.15) is 64.9 Å². The molecule has 0 saturated heterocycles. The largest absolute Gasteiger partial charge is 0.354 e. The van der Waals surface area contributed by atoms with E-state index in [1.807, 2.05) is 40.0 Å². The summed E-state index contributed by atoms with van der Waals surface area (Å²) in [4.78, 5) is 32.2. The van der Waals surface area contributed by atoms with Crippen LogP contribution in [0.25, 0.3) is 22.4 Å². The van der Waals surface area contributed by atoms with Gasteiger partial charge in [0.2, 0.25) is 0 Å². The fraction of sp³-hybridized carbons (Fsp3) is 0.429. The lowest BCUT2D eigenvalue weighted by molar-refractivity contribution is 0.0770. The second-order valence-electron chi connectivity index (χ2n) is 10.3. The minimum atomic E-state index is -0.234. The van der Waals surface area contributed by atoms with Gasteiger partial charge in [-0.3, -0.25) is 14.3 Å². The van der Waals surface area contributed by atoms with Gasteiger partial charge in [0, 0.05) is 55.1 Å². The van der Waals surface area contributed by atoms with Gasteiger partial charge in [-0.1, -0.05) is 25.0 Å². The Labute approximate surface area is 205 Å². The van der Waals surface area contributed by atoms with Gasteiger partial charge in [-0.05, 0) is 61.3 Å². The molecule has 3 heterocycles. The molecule has 0 unspecified atom stereocenters. The van der Waals surface area contributed by atoms with E-state index in [0.717, 1.165) is 40.9 Å². The van der Waals surface area contributed by atoms with E-state index in [2.05, 4.69) is 16.6 Å². The van der Waals surface area contributed by atoms with Crippen molar-refractivity contribution in [2.45, 2.75) is 51.6 Å². The minimum absolute atomic E-state index is 0.0992. The number of nitrogens with one attached hydrogen (secondary N) is 1. The van der Waals surface area contributed by atoms with Crippen molar-refractivity contribution in [3.8, 4) is 22.4 Å². The molecule has 0 radical (unpaired) electrons. The Balaban J connectivity index is 1.36. The summed E-state index contributed by atoms with van der Waals surface area (Å²) in [5, 5.41) is 7.29. The van der Waals surface area contributed by atoms with E-state index < -0.39 is 0 Å². The zero-order valence-corrected chi connectivity index (χ0v) is 20.2. The Morgan fingerprint density at radius 3 is 2.57 bits per heavy atom. The first-order chi connectivity index (χ1) is 17.1. The van der Waals surface area contributed by atoms with Crippen LogP contribution in [0.5, 0.6) is 0 Å². The maximum atomic E-state index is 13.1. The normalized spacial score (nSPS) is 17.7. The van der Waals surface area contributed by atoms with E-state index >= 15 is 0 Å². The molecule has 2 fully saturated rings. The molecule has 2 saturated carbocycles. The maximum absolute atomic E-state index is 13.1. The van der Waals surface area contributed by atoms with Crippen LogP contribution in [0.4, 0.5) is 0 Å². The molecular weight excluding hydrogens is 438 g/mol. The van der Waals surface area contributed by atoms with Gasteiger partial charge in [0.25, 0.3) is 11.8 Å². The molecule has 3 aliphatic rings. The van der Waals surface area contributed by atoms with E-state index in [4.69, 9.17) is 4.98 Å². The zero-order chi connectivity index (χ0) is 23.9. The minimum Gasteiger partial charge on any atom is -0.354 e. The molecule has 1 aliphatic heterocycles. The van der Waals surface area contributed by atoms with Crippen molar-refractivity contribution in [3.63, 3.8) is 0 Å². The molecule has 180 valence electrons. The van der Waals surface area contributed by atoms with E-state index in [9.17, 15) is 9.59 Å². The number of hydrogen-bond donors (Lipinski definition) is 1. The molecule has 2 aromatic heterocycles. The second kappa shape index (κ2) is 8.95. The summed E-state index contributed by atoms with van der Waals surface area (Å²) in [6, 6.07) is 9.71. The number of benzene rings is 1. The Morgan fingerprint density at radius 2 is 1.80 bits per heavy atom. The summed E-state index contributed by atoms with van der Waals surface area (Å²) in [5.74, 6) is 1.22. The van der Waals surface area contributed by atoms with Crippen LogP contribution < -0.4 is 5.32 Å². The summed E-state index contributed by atoms with van der Waals surface area (Å²) in [6.45, 7) is 2.46. The first-order valence-corrected chi connectivity index (χ1v) is 12.8. The third kappa shape index (κ3) is 4.35. The van der Waals surface area contributed by atoms with Crippen LogP contribution in [-0.2, 0) is 13.1 Å². The highest BCUT2D eigenvalue weighted by Gasteiger charge is 2.33. The fourth-order valence-electron chi connectivity index (χ4n) is 5.49. The smallest absolute Gasteiger partial charge is 0.269 e. The number of pyridine rings is 1. The van der Waals surface area contributed by atoms with Crippen LogP contribution in [0.2, 0.25) is 0 Å².